The number of allylic oxidation sites excluding steroid dienone is 2. The van der Waals surface area contributed by atoms with Gasteiger partial charge in [-0.2, -0.15) is 10.4 Å². The molecule has 1 atom stereocenters. The van der Waals surface area contributed by atoms with Crippen LogP contribution in [0, 0.1) is 17.2 Å². The number of nitriles is 1. The number of amidine groups is 1. The highest BCUT2D eigenvalue weighted by molar-refractivity contribution is 6.09. The van der Waals surface area contributed by atoms with Gasteiger partial charge in [0.05, 0.1) is 11.6 Å². The minimum absolute atomic E-state index is 0.269. The van der Waals surface area contributed by atoms with E-state index in [0.717, 1.165) is 22.4 Å². The summed E-state index contributed by atoms with van der Waals surface area (Å²) in [6, 6.07) is 29.1. The van der Waals surface area contributed by atoms with Crippen molar-refractivity contribution in [1.29, 1.82) is 5.26 Å². The van der Waals surface area contributed by atoms with Crippen LogP contribution in [0.1, 0.15) is 37.8 Å². The van der Waals surface area contributed by atoms with Crippen molar-refractivity contribution in [3.8, 4) is 17.5 Å². The van der Waals surface area contributed by atoms with E-state index in [0.29, 0.717) is 29.7 Å². The Balaban J connectivity index is 0.000000230. The van der Waals surface area contributed by atoms with E-state index in [4.69, 9.17) is 15.5 Å². The maximum Gasteiger partial charge on any atom is 0.248 e. The highest BCUT2D eigenvalue weighted by Gasteiger charge is 2.17. The van der Waals surface area contributed by atoms with Gasteiger partial charge in [0.25, 0.3) is 0 Å². The molecule has 0 spiro atoms. The Morgan fingerprint density at radius 3 is 2.24 bits per heavy atom. The minimum Gasteiger partial charge on any atom is -0.417 e. The van der Waals surface area contributed by atoms with Crippen LogP contribution in [0.3, 0.4) is 0 Å². The van der Waals surface area contributed by atoms with Crippen molar-refractivity contribution in [1.82, 2.24) is 10.2 Å². The molecule has 1 aromatic heterocycles. The Bertz CT molecular complexity index is 1400. The standard InChI is InChI=1S/C19H20N4.C12H12N2O/c1-3-15(2)14-23(18-7-5-4-6-8-18)19(22-21)17-11-9-16(13-20)10-12-17;1-3-9(2)11-13-14-12(15-11)10-7-5-4-6-8-10/h3-12,15H,1,14,21H2,2H3;3-8H,1-2H3/b22-19-;9-3+. The van der Waals surface area contributed by atoms with Crippen LogP contribution in [-0.2, 0) is 0 Å². The molecule has 4 rings (SSSR count). The van der Waals surface area contributed by atoms with Crippen LogP contribution in [-0.4, -0.2) is 22.6 Å². The Morgan fingerprint density at radius 2 is 1.68 bits per heavy atom. The van der Waals surface area contributed by atoms with E-state index in [2.05, 4.69) is 39.8 Å². The smallest absolute Gasteiger partial charge is 0.248 e. The van der Waals surface area contributed by atoms with Crippen LogP contribution in [0.2, 0.25) is 0 Å². The predicted molar refractivity (Wildman–Crippen MR) is 154 cm³/mol. The zero-order valence-electron chi connectivity index (χ0n) is 22.0. The lowest BCUT2D eigenvalue weighted by Crippen LogP contribution is -2.36. The van der Waals surface area contributed by atoms with Gasteiger partial charge in [0.2, 0.25) is 11.8 Å². The SMILES string of the molecule is C/C=C(\C)c1nnc(-c2ccccc2)o1.C=CC(C)CN(/C(=N\N)c1ccc(C#N)cc1)c1ccccc1. The molecule has 0 fully saturated rings. The molecule has 2 N–H and O–H groups in total. The second kappa shape index (κ2) is 14.0. The number of aromatic nitrogens is 2. The average Bonchev–Trinajstić information content (AvgIpc) is 3.49. The topological polar surface area (TPSA) is 104 Å². The first-order valence-electron chi connectivity index (χ1n) is 12.3. The van der Waals surface area contributed by atoms with Gasteiger partial charge in [-0.25, -0.2) is 0 Å². The summed E-state index contributed by atoms with van der Waals surface area (Å²) in [6.07, 6.45) is 3.85. The molecule has 4 aromatic rings. The van der Waals surface area contributed by atoms with Crippen LogP contribution < -0.4 is 10.7 Å². The highest BCUT2D eigenvalue weighted by Crippen LogP contribution is 2.21. The number of anilines is 1. The Hall–Kier alpha value is -4.96. The van der Waals surface area contributed by atoms with Gasteiger partial charge in [0.15, 0.2) is 5.84 Å². The van der Waals surface area contributed by atoms with E-state index in [9.17, 15) is 0 Å². The lowest BCUT2D eigenvalue weighted by atomic mass is 10.1. The maximum absolute atomic E-state index is 8.94. The van der Waals surface area contributed by atoms with Crippen molar-refractivity contribution >= 4 is 17.1 Å². The summed E-state index contributed by atoms with van der Waals surface area (Å²) in [5, 5.41) is 20.9. The first-order chi connectivity index (χ1) is 18.5. The number of nitrogens with two attached hydrogens (primary N) is 1. The summed E-state index contributed by atoms with van der Waals surface area (Å²) < 4.78 is 5.53. The van der Waals surface area contributed by atoms with Gasteiger partial charge in [0.1, 0.15) is 0 Å². The fraction of sp³-hybridized carbons (Fsp3) is 0.161. The molecule has 0 saturated carbocycles. The molecule has 0 radical (unpaired) electrons. The number of hydrogen-bond donors (Lipinski definition) is 1. The Morgan fingerprint density at radius 1 is 1.05 bits per heavy atom. The third-order valence-electron chi connectivity index (χ3n) is 5.81. The monoisotopic (exact) mass is 504 g/mol. The van der Waals surface area contributed by atoms with Crippen molar-refractivity contribution in [2.45, 2.75) is 20.8 Å². The molecular weight excluding hydrogens is 472 g/mol. The zero-order chi connectivity index (χ0) is 27.3. The summed E-state index contributed by atoms with van der Waals surface area (Å²) in [7, 11) is 0. The normalized spacial score (nSPS) is 12.1. The quantitative estimate of drug-likeness (QED) is 0.0991. The molecule has 3 aromatic carbocycles. The van der Waals surface area contributed by atoms with Crippen LogP contribution in [0.5, 0.6) is 0 Å². The largest absolute Gasteiger partial charge is 0.417 e. The number of rotatable bonds is 7. The Labute approximate surface area is 224 Å². The van der Waals surface area contributed by atoms with Crippen LogP contribution in [0.25, 0.3) is 17.0 Å². The molecule has 0 bridgehead atoms. The van der Waals surface area contributed by atoms with E-state index in [1.165, 1.54) is 0 Å². The molecule has 7 nitrogen and oxygen atoms in total. The molecule has 1 heterocycles. The van der Waals surface area contributed by atoms with E-state index in [1.54, 1.807) is 12.1 Å². The number of benzene rings is 3. The van der Waals surface area contributed by atoms with Gasteiger partial charge in [-0.1, -0.05) is 55.5 Å². The number of hydrazone groups is 1. The summed E-state index contributed by atoms with van der Waals surface area (Å²) in [6.45, 7) is 10.6. The van der Waals surface area contributed by atoms with Gasteiger partial charge in [0, 0.05) is 28.9 Å². The van der Waals surface area contributed by atoms with Crippen LogP contribution in [0.4, 0.5) is 5.69 Å². The first kappa shape index (κ1) is 27.6. The molecule has 0 aliphatic carbocycles. The van der Waals surface area contributed by atoms with E-state index in [-0.39, 0.29) is 5.92 Å². The third-order valence-corrected chi connectivity index (χ3v) is 5.81. The van der Waals surface area contributed by atoms with E-state index >= 15 is 0 Å². The molecule has 0 amide bonds. The fourth-order valence-electron chi connectivity index (χ4n) is 3.48. The summed E-state index contributed by atoms with van der Waals surface area (Å²) in [5.41, 5.74) is 4.42. The van der Waals surface area contributed by atoms with E-state index in [1.807, 2.05) is 98.8 Å². The van der Waals surface area contributed by atoms with Crippen molar-refractivity contribution < 1.29 is 4.42 Å². The van der Waals surface area contributed by atoms with Crippen LogP contribution in [0.15, 0.2) is 113 Å². The number of para-hydroxylation sites is 1. The molecular formula is C31H32N6O. The highest BCUT2D eigenvalue weighted by atomic mass is 16.4. The summed E-state index contributed by atoms with van der Waals surface area (Å²) >= 11 is 0. The third kappa shape index (κ3) is 7.28. The number of hydrogen-bond acceptors (Lipinski definition) is 6. The maximum atomic E-state index is 8.94. The van der Waals surface area contributed by atoms with Crippen molar-refractivity contribution in [2.24, 2.45) is 16.9 Å². The average molecular weight is 505 g/mol. The molecule has 0 aliphatic rings. The second-order valence-corrected chi connectivity index (χ2v) is 8.55. The first-order valence-corrected chi connectivity index (χ1v) is 12.3. The molecule has 0 aliphatic heterocycles. The lowest BCUT2D eigenvalue weighted by molar-refractivity contribution is 0.553. The van der Waals surface area contributed by atoms with Crippen molar-refractivity contribution in [3.05, 3.63) is 121 Å². The molecule has 38 heavy (non-hydrogen) atoms. The van der Waals surface area contributed by atoms with Gasteiger partial charge in [-0.3, -0.25) is 0 Å². The summed E-state index contributed by atoms with van der Waals surface area (Å²) in [5.74, 6) is 7.76. The van der Waals surface area contributed by atoms with Crippen molar-refractivity contribution in [2.75, 3.05) is 11.4 Å². The van der Waals surface area contributed by atoms with Gasteiger partial charge >= 0.3 is 0 Å². The second-order valence-electron chi connectivity index (χ2n) is 8.55. The molecule has 0 saturated heterocycles. The number of nitrogens with zero attached hydrogens (tertiary/aromatic N) is 5. The molecule has 192 valence electrons. The van der Waals surface area contributed by atoms with Crippen molar-refractivity contribution in [3.63, 3.8) is 0 Å². The minimum atomic E-state index is 0.269. The van der Waals surface area contributed by atoms with E-state index < -0.39 is 0 Å². The zero-order valence-corrected chi connectivity index (χ0v) is 22.0. The molecule has 1 unspecified atom stereocenters. The summed E-state index contributed by atoms with van der Waals surface area (Å²) in [4.78, 5) is 2.06. The lowest BCUT2D eigenvalue weighted by Gasteiger charge is -2.28. The van der Waals surface area contributed by atoms with Gasteiger partial charge in [-0.05, 0) is 68.3 Å². The fourth-order valence-corrected chi connectivity index (χ4v) is 3.48. The van der Waals surface area contributed by atoms with Crippen LogP contribution >= 0.6 is 0 Å². The molecule has 7 heteroatoms. The van der Waals surface area contributed by atoms with Gasteiger partial charge < -0.3 is 15.2 Å². The predicted octanol–water partition coefficient (Wildman–Crippen LogP) is 6.67. The van der Waals surface area contributed by atoms with Gasteiger partial charge in [-0.15, -0.1) is 16.8 Å². The Kier molecular flexibility index (Phi) is 10.1.